The van der Waals surface area contributed by atoms with Gasteiger partial charge in [0.1, 0.15) is 0 Å². The van der Waals surface area contributed by atoms with E-state index < -0.39 is 18.3 Å². The molecule has 0 atom stereocenters. The van der Waals surface area contributed by atoms with E-state index in [2.05, 4.69) is 0 Å². The number of amides is 1. The first-order chi connectivity index (χ1) is 6.52. The summed E-state index contributed by atoms with van der Waals surface area (Å²) in [6.07, 6.45) is -0.839. The molecule has 0 aliphatic rings. The third kappa shape index (κ3) is 2.80. The van der Waals surface area contributed by atoms with Gasteiger partial charge in [-0.05, 0) is 0 Å². The van der Waals surface area contributed by atoms with Crippen molar-refractivity contribution < 1.29 is 13.6 Å². The zero-order valence-electron chi connectivity index (χ0n) is 7.54. The predicted octanol–water partition coefficient (Wildman–Crippen LogP) is 2.04. The van der Waals surface area contributed by atoms with Crippen molar-refractivity contribution in [2.45, 2.75) is 18.8 Å². The molecule has 14 heavy (non-hydrogen) atoms. The number of carbonyl (C=O) groups is 1. The number of hydrogen-bond donors (Lipinski definition) is 1. The number of alkyl halides is 2. The Bertz CT molecular complexity index is 311. The van der Waals surface area contributed by atoms with Gasteiger partial charge in [0, 0.05) is 18.4 Å². The maximum absolute atomic E-state index is 13.3. The first-order valence-corrected chi connectivity index (χ1v) is 4.24. The minimum absolute atomic E-state index is 0.0822. The van der Waals surface area contributed by atoms with Crippen LogP contribution < -0.4 is 5.73 Å². The van der Waals surface area contributed by atoms with E-state index in [1.54, 1.807) is 6.07 Å². The molecule has 1 aromatic rings. The molecular formula is C10H11F2NO. The molecule has 0 saturated carbocycles. The van der Waals surface area contributed by atoms with Crippen molar-refractivity contribution in [1.29, 1.82) is 0 Å². The monoisotopic (exact) mass is 199 g/mol. The summed E-state index contributed by atoms with van der Waals surface area (Å²) in [7, 11) is 0. The smallest absolute Gasteiger partial charge is 0.273 e. The molecule has 0 heterocycles. The number of carbonyl (C=O) groups excluding carboxylic acids is 1. The Hall–Kier alpha value is -1.45. The minimum Gasteiger partial charge on any atom is -0.370 e. The van der Waals surface area contributed by atoms with E-state index in [1.807, 2.05) is 0 Å². The average Bonchev–Trinajstić information content (AvgIpc) is 2.16. The Morgan fingerprint density at radius 1 is 1.29 bits per heavy atom. The lowest BCUT2D eigenvalue weighted by molar-refractivity contribution is -0.120. The summed E-state index contributed by atoms with van der Waals surface area (Å²) < 4.78 is 26.6. The molecule has 76 valence electrons. The molecule has 1 rings (SSSR count). The Balaban J connectivity index is 2.70. The van der Waals surface area contributed by atoms with Crippen molar-refractivity contribution in [1.82, 2.24) is 0 Å². The number of hydrogen-bond acceptors (Lipinski definition) is 1. The van der Waals surface area contributed by atoms with Crippen LogP contribution in [0, 0.1) is 0 Å². The van der Waals surface area contributed by atoms with Gasteiger partial charge in [-0.15, -0.1) is 0 Å². The van der Waals surface area contributed by atoms with Crippen LogP contribution in [0.5, 0.6) is 0 Å². The molecule has 2 nitrogen and oxygen atoms in total. The molecule has 0 fully saturated rings. The van der Waals surface area contributed by atoms with E-state index in [1.165, 1.54) is 24.3 Å². The lowest BCUT2D eigenvalue weighted by Gasteiger charge is -2.15. The number of primary amides is 1. The fraction of sp³-hybridized carbons (Fsp3) is 0.300. The molecule has 4 heteroatoms. The van der Waals surface area contributed by atoms with Crippen LogP contribution in [0.15, 0.2) is 30.3 Å². The molecule has 0 bridgehead atoms. The van der Waals surface area contributed by atoms with Crippen molar-refractivity contribution in [2.75, 3.05) is 0 Å². The summed E-state index contributed by atoms with van der Waals surface area (Å²) in [6.45, 7) is 0. The van der Waals surface area contributed by atoms with Crippen molar-refractivity contribution >= 4 is 5.91 Å². The van der Waals surface area contributed by atoms with Gasteiger partial charge in [-0.2, -0.15) is 0 Å². The molecule has 1 aromatic carbocycles. The van der Waals surface area contributed by atoms with Gasteiger partial charge in [0.25, 0.3) is 5.92 Å². The predicted molar refractivity (Wildman–Crippen MR) is 48.8 cm³/mol. The Morgan fingerprint density at radius 2 is 1.86 bits per heavy atom. The molecule has 1 amide bonds. The van der Waals surface area contributed by atoms with Crippen molar-refractivity contribution in [3.8, 4) is 0 Å². The lowest BCUT2D eigenvalue weighted by Crippen LogP contribution is -2.18. The number of nitrogens with two attached hydrogens (primary N) is 1. The highest BCUT2D eigenvalue weighted by atomic mass is 19.3. The first kappa shape index (κ1) is 10.6. The van der Waals surface area contributed by atoms with E-state index in [4.69, 9.17) is 5.73 Å². The maximum atomic E-state index is 13.3. The Labute approximate surface area is 80.7 Å². The Kier molecular flexibility index (Phi) is 3.17. The standard InChI is InChI=1S/C10H11F2NO/c11-10(12,7-6-9(13)14)8-4-2-1-3-5-8/h1-5H,6-7H2,(H2,13,14). The van der Waals surface area contributed by atoms with Gasteiger partial charge in [0.2, 0.25) is 5.91 Å². The van der Waals surface area contributed by atoms with Crippen LogP contribution in [0.3, 0.4) is 0 Å². The molecule has 2 N–H and O–H groups in total. The van der Waals surface area contributed by atoms with Crippen LogP contribution in [0.1, 0.15) is 18.4 Å². The highest BCUT2D eigenvalue weighted by molar-refractivity contribution is 5.73. The Morgan fingerprint density at radius 3 is 2.36 bits per heavy atom. The molecule has 0 spiro atoms. The van der Waals surface area contributed by atoms with E-state index in [9.17, 15) is 13.6 Å². The molecule has 0 radical (unpaired) electrons. The zero-order valence-corrected chi connectivity index (χ0v) is 7.54. The van der Waals surface area contributed by atoms with E-state index in [0.717, 1.165) is 0 Å². The maximum Gasteiger partial charge on any atom is 0.273 e. The molecule has 0 aromatic heterocycles. The summed E-state index contributed by atoms with van der Waals surface area (Å²) >= 11 is 0. The quantitative estimate of drug-likeness (QED) is 0.792. The summed E-state index contributed by atoms with van der Waals surface area (Å²) in [4.78, 5) is 10.4. The normalized spacial score (nSPS) is 11.3. The van der Waals surface area contributed by atoms with Gasteiger partial charge in [-0.1, -0.05) is 30.3 Å². The van der Waals surface area contributed by atoms with E-state index in [0.29, 0.717) is 0 Å². The van der Waals surface area contributed by atoms with Gasteiger partial charge in [-0.3, -0.25) is 4.79 Å². The lowest BCUT2D eigenvalue weighted by atomic mass is 10.0. The topological polar surface area (TPSA) is 43.1 Å². The van der Waals surface area contributed by atoms with Gasteiger partial charge in [0.15, 0.2) is 0 Å². The fourth-order valence-electron chi connectivity index (χ4n) is 1.11. The summed E-state index contributed by atoms with van der Waals surface area (Å²) in [5.74, 6) is -3.68. The second-order valence-electron chi connectivity index (χ2n) is 3.04. The van der Waals surface area contributed by atoms with Crippen LogP contribution in [-0.2, 0) is 10.7 Å². The zero-order chi connectivity index (χ0) is 10.6. The van der Waals surface area contributed by atoms with E-state index >= 15 is 0 Å². The van der Waals surface area contributed by atoms with Crippen LogP contribution in [0.4, 0.5) is 8.78 Å². The third-order valence-electron chi connectivity index (χ3n) is 1.88. The first-order valence-electron chi connectivity index (χ1n) is 4.24. The fourth-order valence-corrected chi connectivity index (χ4v) is 1.11. The molecule has 0 aliphatic heterocycles. The number of rotatable bonds is 4. The van der Waals surface area contributed by atoms with Crippen LogP contribution in [0.2, 0.25) is 0 Å². The second kappa shape index (κ2) is 4.17. The largest absolute Gasteiger partial charge is 0.370 e. The minimum atomic E-state index is -2.98. The summed E-state index contributed by atoms with van der Waals surface area (Å²) in [6, 6.07) is 7.40. The van der Waals surface area contributed by atoms with Crippen LogP contribution in [-0.4, -0.2) is 5.91 Å². The van der Waals surface area contributed by atoms with Crippen LogP contribution >= 0.6 is 0 Å². The molecule has 0 saturated heterocycles. The molecule has 0 aliphatic carbocycles. The van der Waals surface area contributed by atoms with Gasteiger partial charge < -0.3 is 5.73 Å². The highest BCUT2D eigenvalue weighted by Gasteiger charge is 2.31. The van der Waals surface area contributed by atoms with Gasteiger partial charge in [0.05, 0.1) is 0 Å². The second-order valence-corrected chi connectivity index (χ2v) is 3.04. The molecule has 0 unspecified atom stereocenters. The average molecular weight is 199 g/mol. The van der Waals surface area contributed by atoms with Crippen molar-refractivity contribution in [3.05, 3.63) is 35.9 Å². The highest BCUT2D eigenvalue weighted by Crippen LogP contribution is 2.32. The van der Waals surface area contributed by atoms with Crippen molar-refractivity contribution in [2.24, 2.45) is 5.73 Å². The number of benzene rings is 1. The third-order valence-corrected chi connectivity index (χ3v) is 1.88. The van der Waals surface area contributed by atoms with Gasteiger partial charge >= 0.3 is 0 Å². The summed E-state index contributed by atoms with van der Waals surface area (Å²) in [5, 5.41) is 0. The van der Waals surface area contributed by atoms with Crippen molar-refractivity contribution in [3.63, 3.8) is 0 Å². The van der Waals surface area contributed by atoms with Crippen LogP contribution in [0.25, 0.3) is 0 Å². The van der Waals surface area contributed by atoms with E-state index in [-0.39, 0.29) is 12.0 Å². The number of halogens is 2. The summed E-state index contributed by atoms with van der Waals surface area (Å²) in [5.41, 5.74) is 4.72. The SMILES string of the molecule is NC(=O)CCC(F)(F)c1ccccc1. The van der Waals surface area contributed by atoms with Gasteiger partial charge in [-0.25, -0.2) is 8.78 Å². The molecular weight excluding hydrogens is 188 g/mol.